The summed E-state index contributed by atoms with van der Waals surface area (Å²) in [6, 6.07) is 17.4. The molecule has 0 amide bonds. The zero-order valence-corrected chi connectivity index (χ0v) is 27.8. The molecule has 3 N–H and O–H groups in total. The van der Waals surface area contributed by atoms with Crippen LogP contribution in [0.2, 0.25) is 0 Å². The van der Waals surface area contributed by atoms with Gasteiger partial charge in [0.15, 0.2) is 0 Å². The summed E-state index contributed by atoms with van der Waals surface area (Å²) < 4.78 is 0. The lowest BCUT2D eigenvalue weighted by molar-refractivity contribution is -0.137. The summed E-state index contributed by atoms with van der Waals surface area (Å²) in [7, 11) is 0. The molecule has 0 fully saturated rings. The van der Waals surface area contributed by atoms with Crippen LogP contribution in [-0.2, 0) is 72.2 Å². The summed E-state index contributed by atoms with van der Waals surface area (Å²) in [6.07, 6.45) is 15.8. The number of benzene rings is 3. The van der Waals surface area contributed by atoms with E-state index in [9.17, 15) is 14.4 Å². The van der Waals surface area contributed by atoms with Crippen LogP contribution in [0.4, 0.5) is 0 Å². The van der Waals surface area contributed by atoms with E-state index in [4.69, 9.17) is 15.3 Å². The maximum atomic E-state index is 10.9. The largest absolute Gasteiger partial charge is 0.481 e. The summed E-state index contributed by atoms with van der Waals surface area (Å²) in [6.45, 7) is 22.3. The van der Waals surface area contributed by atoms with Crippen LogP contribution in [0.5, 0.6) is 0 Å². The van der Waals surface area contributed by atoms with E-state index in [-0.39, 0.29) is 19.3 Å². The molecule has 0 aliphatic carbocycles. The molecule has 0 atom stereocenters. The highest BCUT2D eigenvalue weighted by atomic mass is 16.4. The molecule has 0 bridgehead atoms. The molecule has 48 heavy (non-hydrogen) atoms. The van der Waals surface area contributed by atoms with Crippen molar-refractivity contribution < 1.29 is 29.7 Å². The molecule has 252 valence electrons. The molecule has 0 radical (unpaired) electrons. The van der Waals surface area contributed by atoms with E-state index in [0.29, 0.717) is 0 Å². The van der Waals surface area contributed by atoms with Crippen molar-refractivity contribution in [3.05, 3.63) is 181 Å². The van der Waals surface area contributed by atoms with Gasteiger partial charge in [-0.05, 0) is 88.6 Å². The van der Waals surface area contributed by atoms with Crippen LogP contribution in [0.1, 0.15) is 50.1 Å². The van der Waals surface area contributed by atoms with Crippen molar-refractivity contribution in [2.45, 2.75) is 57.8 Å². The molecule has 0 saturated carbocycles. The number of aliphatic carboxylic acids is 3. The lowest BCUT2D eigenvalue weighted by atomic mass is 9.91. The molecule has 6 nitrogen and oxygen atoms in total. The van der Waals surface area contributed by atoms with Crippen LogP contribution in [0.15, 0.2) is 131 Å². The summed E-state index contributed by atoms with van der Waals surface area (Å²) in [4.78, 5) is 31.9. The minimum absolute atomic E-state index is 0.0443. The van der Waals surface area contributed by atoms with Gasteiger partial charge in [-0.1, -0.05) is 91.1 Å². The van der Waals surface area contributed by atoms with Gasteiger partial charge in [0, 0.05) is 0 Å². The third kappa shape index (κ3) is 16.2. The molecule has 0 heterocycles. The third-order valence-electron chi connectivity index (χ3n) is 6.91. The zero-order valence-electron chi connectivity index (χ0n) is 27.8. The van der Waals surface area contributed by atoms with E-state index in [1.165, 1.54) is 5.56 Å². The molecule has 3 rings (SSSR count). The molecular weight excluding hydrogens is 600 g/mol. The van der Waals surface area contributed by atoms with Crippen molar-refractivity contribution in [3.8, 4) is 0 Å². The maximum absolute atomic E-state index is 10.9. The Balaban J connectivity index is 0.000000366. The van der Waals surface area contributed by atoms with Crippen LogP contribution in [-0.4, -0.2) is 33.2 Å². The second kappa shape index (κ2) is 22.9. The SMILES string of the molecule is C=CCc1cc(CC(=O)O)cc(CC=C)c1CC=C.C=CCc1cc(CC=C)cc(CC(=O)O)c1.C=CCc1ccc(CC(=O)O)cc1. The van der Waals surface area contributed by atoms with Crippen LogP contribution >= 0.6 is 0 Å². The number of rotatable bonds is 18. The molecule has 0 spiro atoms. The fourth-order valence-corrected chi connectivity index (χ4v) is 5.05. The van der Waals surface area contributed by atoms with E-state index in [1.807, 2.05) is 85.0 Å². The summed E-state index contributed by atoms with van der Waals surface area (Å²) in [5.74, 6) is -2.41. The highest BCUT2D eigenvalue weighted by Gasteiger charge is 2.11. The quantitative estimate of drug-likeness (QED) is 0.120. The molecule has 0 saturated heterocycles. The average Bonchev–Trinajstić information content (AvgIpc) is 3.00. The van der Waals surface area contributed by atoms with Gasteiger partial charge in [0.2, 0.25) is 0 Å². The van der Waals surface area contributed by atoms with Gasteiger partial charge in [-0.15, -0.1) is 39.5 Å². The lowest BCUT2D eigenvalue weighted by Gasteiger charge is -2.14. The molecule has 0 aliphatic rings. The Bertz CT molecular complexity index is 1520. The van der Waals surface area contributed by atoms with Gasteiger partial charge in [0.1, 0.15) is 0 Å². The van der Waals surface area contributed by atoms with E-state index >= 15 is 0 Å². The Labute approximate surface area is 285 Å². The molecule has 3 aromatic rings. The Kier molecular flexibility index (Phi) is 19.4. The maximum Gasteiger partial charge on any atom is 0.307 e. The topological polar surface area (TPSA) is 112 Å². The zero-order chi connectivity index (χ0) is 35.9. The smallest absolute Gasteiger partial charge is 0.307 e. The Morgan fingerprint density at radius 2 is 0.729 bits per heavy atom. The van der Waals surface area contributed by atoms with E-state index in [1.54, 1.807) is 0 Å². The Morgan fingerprint density at radius 3 is 1.10 bits per heavy atom. The lowest BCUT2D eigenvalue weighted by Crippen LogP contribution is -2.05. The fourth-order valence-electron chi connectivity index (χ4n) is 5.05. The summed E-state index contributed by atoms with van der Waals surface area (Å²) in [5, 5.41) is 26.2. The fraction of sp³-hybridized carbons (Fsp3) is 0.214. The van der Waals surface area contributed by atoms with Crippen molar-refractivity contribution in [2.75, 3.05) is 0 Å². The van der Waals surface area contributed by atoms with E-state index < -0.39 is 17.9 Å². The van der Waals surface area contributed by atoms with E-state index in [2.05, 4.69) is 45.5 Å². The van der Waals surface area contributed by atoms with Crippen LogP contribution in [0.25, 0.3) is 0 Å². The normalized spacial score (nSPS) is 9.75. The molecule has 3 aromatic carbocycles. The van der Waals surface area contributed by atoms with Crippen LogP contribution < -0.4 is 0 Å². The van der Waals surface area contributed by atoms with Crippen LogP contribution in [0, 0.1) is 0 Å². The number of hydrogen-bond donors (Lipinski definition) is 3. The first kappa shape index (κ1) is 40.5. The first-order valence-corrected chi connectivity index (χ1v) is 15.6. The number of hydrogen-bond acceptors (Lipinski definition) is 3. The minimum atomic E-state index is -0.814. The first-order valence-electron chi connectivity index (χ1n) is 15.6. The number of carboxylic acid groups (broad SMARTS) is 3. The number of carbonyl (C=O) groups is 3. The van der Waals surface area contributed by atoms with Gasteiger partial charge in [0.05, 0.1) is 19.3 Å². The van der Waals surface area contributed by atoms with Crippen molar-refractivity contribution in [1.82, 2.24) is 0 Å². The molecular formula is C42H48O6. The predicted octanol–water partition coefficient (Wildman–Crippen LogP) is 8.31. The van der Waals surface area contributed by atoms with Crippen molar-refractivity contribution in [1.29, 1.82) is 0 Å². The van der Waals surface area contributed by atoms with Gasteiger partial charge >= 0.3 is 17.9 Å². The monoisotopic (exact) mass is 648 g/mol. The van der Waals surface area contributed by atoms with Crippen LogP contribution in [0.3, 0.4) is 0 Å². The second-order valence-electron chi connectivity index (χ2n) is 11.0. The highest BCUT2D eigenvalue weighted by Crippen LogP contribution is 2.22. The second-order valence-corrected chi connectivity index (χ2v) is 11.0. The first-order chi connectivity index (χ1) is 23.0. The summed E-state index contributed by atoms with van der Waals surface area (Å²) >= 11 is 0. The minimum Gasteiger partial charge on any atom is -0.481 e. The number of carboxylic acids is 3. The van der Waals surface area contributed by atoms with Gasteiger partial charge in [-0.3, -0.25) is 14.4 Å². The van der Waals surface area contributed by atoms with Crippen molar-refractivity contribution >= 4 is 17.9 Å². The molecule has 0 aliphatic heterocycles. The highest BCUT2D eigenvalue weighted by molar-refractivity contribution is 5.71. The van der Waals surface area contributed by atoms with Crippen molar-refractivity contribution in [3.63, 3.8) is 0 Å². The third-order valence-corrected chi connectivity index (χ3v) is 6.91. The Morgan fingerprint density at radius 1 is 0.417 bits per heavy atom. The number of allylic oxidation sites excluding steroid dienone is 6. The van der Waals surface area contributed by atoms with Gasteiger partial charge < -0.3 is 15.3 Å². The van der Waals surface area contributed by atoms with Gasteiger partial charge in [-0.25, -0.2) is 0 Å². The molecule has 0 unspecified atom stereocenters. The average molecular weight is 649 g/mol. The standard InChI is InChI=1S/C17H20O2.C14H16O2.C11H12O2/c1-4-7-14-10-13(12-17(18)19)11-15(8-5-2)16(14)9-6-3;1-3-5-11-7-12(6-4-2)9-13(8-11)10-14(15)16;1-2-3-9-4-6-10(7-5-9)8-11(12)13/h4-6,10-11H,1-3,7-9,12H2,(H,18,19);3-4,7-9H,1-2,5-6,10H2,(H,15,16);2,4-7H,1,3,8H2,(H,12,13). The van der Waals surface area contributed by atoms with Gasteiger partial charge in [0.25, 0.3) is 0 Å². The molecule has 6 heteroatoms. The predicted molar refractivity (Wildman–Crippen MR) is 197 cm³/mol. The molecule has 0 aromatic heterocycles. The summed E-state index contributed by atoms with van der Waals surface area (Å²) in [5.41, 5.74) is 9.33. The Hall–Kier alpha value is -5.49. The van der Waals surface area contributed by atoms with Crippen molar-refractivity contribution in [2.24, 2.45) is 0 Å². The van der Waals surface area contributed by atoms with Gasteiger partial charge in [-0.2, -0.15) is 0 Å². The van der Waals surface area contributed by atoms with E-state index in [0.717, 1.165) is 83.0 Å².